The number of fused-ring (bicyclic) bond motifs is 1. The number of hydrogen-bond donors (Lipinski definition) is 3. The number of alkyl carbamates (subject to hydrolysis) is 1. The molecular formula is C32H34N6O8S2. The van der Waals surface area contributed by atoms with Gasteiger partial charge in [0.1, 0.15) is 29.0 Å². The Bertz CT molecular complexity index is 1950. The molecule has 1 aromatic carbocycles. The number of para-hydroxylation sites is 2. The fraction of sp³-hybridized carbons (Fsp3) is 0.438. The summed E-state index contributed by atoms with van der Waals surface area (Å²) in [6.45, 7) is 6.86. The van der Waals surface area contributed by atoms with Gasteiger partial charge in [-0.3, -0.25) is 19.1 Å². The summed E-state index contributed by atoms with van der Waals surface area (Å²) in [6, 6.07) is 8.85. The summed E-state index contributed by atoms with van der Waals surface area (Å²) in [5, 5.41) is 6.56. The molecule has 3 aromatic rings. The Morgan fingerprint density at radius 1 is 1.15 bits per heavy atom. The summed E-state index contributed by atoms with van der Waals surface area (Å²) < 4.78 is 39.1. The second-order valence-electron chi connectivity index (χ2n) is 13.1. The lowest BCUT2D eigenvalue weighted by Gasteiger charge is -2.31. The highest BCUT2D eigenvalue weighted by atomic mass is 32.2. The highest BCUT2D eigenvalue weighted by Gasteiger charge is 2.62. The van der Waals surface area contributed by atoms with Crippen molar-refractivity contribution in [3.63, 3.8) is 0 Å². The third-order valence-electron chi connectivity index (χ3n) is 9.23. The number of thiophene rings is 1. The minimum atomic E-state index is -3.89. The summed E-state index contributed by atoms with van der Waals surface area (Å²) in [7, 11) is -3.89. The Hall–Kier alpha value is -4.57. The van der Waals surface area contributed by atoms with Gasteiger partial charge in [0, 0.05) is 12.3 Å². The number of carbonyl (C=O) groups is 4. The van der Waals surface area contributed by atoms with Crippen LogP contribution < -0.4 is 20.1 Å². The van der Waals surface area contributed by atoms with Gasteiger partial charge in [0.2, 0.25) is 27.7 Å². The minimum Gasteiger partial charge on any atom is -0.471 e. The minimum absolute atomic E-state index is 0.00867. The largest absolute Gasteiger partial charge is 0.471 e. The second-order valence-corrected chi connectivity index (χ2v) is 16.0. The van der Waals surface area contributed by atoms with Crippen LogP contribution in [0.4, 0.5) is 4.79 Å². The van der Waals surface area contributed by atoms with Crippen molar-refractivity contribution in [1.29, 1.82) is 0 Å². The van der Waals surface area contributed by atoms with Crippen molar-refractivity contribution in [2.45, 2.75) is 74.1 Å². The highest BCUT2D eigenvalue weighted by Crippen LogP contribution is 2.45. The first-order chi connectivity index (χ1) is 22.8. The maximum atomic E-state index is 14.1. The Morgan fingerprint density at radius 3 is 2.48 bits per heavy atom. The number of hydrogen-bond acceptors (Lipinski definition) is 11. The van der Waals surface area contributed by atoms with Crippen molar-refractivity contribution in [3.05, 3.63) is 54.4 Å². The van der Waals surface area contributed by atoms with Crippen molar-refractivity contribution in [1.82, 2.24) is 30.2 Å². The maximum Gasteiger partial charge on any atom is 0.408 e. The smallest absolute Gasteiger partial charge is 0.408 e. The predicted octanol–water partition coefficient (Wildman–Crippen LogP) is 2.26. The van der Waals surface area contributed by atoms with Crippen LogP contribution in [0.15, 0.2) is 54.4 Å². The van der Waals surface area contributed by atoms with Crippen molar-refractivity contribution >= 4 is 56.2 Å². The van der Waals surface area contributed by atoms with Crippen molar-refractivity contribution in [2.75, 3.05) is 6.54 Å². The molecule has 48 heavy (non-hydrogen) atoms. The zero-order chi connectivity index (χ0) is 34.0. The molecule has 0 radical (unpaired) electrons. The molecule has 2 aromatic heterocycles. The number of carbonyl (C=O) groups excluding carboxylic acids is 4. The molecular weight excluding hydrogens is 661 g/mol. The molecule has 0 bridgehead atoms. The van der Waals surface area contributed by atoms with E-state index in [-0.39, 0.29) is 25.3 Å². The van der Waals surface area contributed by atoms with Crippen LogP contribution in [0.3, 0.4) is 0 Å². The number of nitrogens with one attached hydrogen (secondary N) is 3. The van der Waals surface area contributed by atoms with Crippen LogP contribution in [0.5, 0.6) is 5.88 Å². The van der Waals surface area contributed by atoms with Crippen LogP contribution in [-0.2, 0) is 29.1 Å². The van der Waals surface area contributed by atoms with Crippen LogP contribution in [-0.4, -0.2) is 88.2 Å². The molecule has 2 aliphatic carbocycles. The van der Waals surface area contributed by atoms with Crippen LogP contribution in [0.1, 0.15) is 39.5 Å². The van der Waals surface area contributed by atoms with Crippen LogP contribution >= 0.6 is 11.3 Å². The SMILES string of the molecule is C=C[C@@H]1C[C@]1(NC(=O)[C@@H]1C[C@@H](Oc2nc3ccccc3nc2-c2cccs2)CN1C(=O)[C@H]1NC(=O)OC1(C)C)C(=O)NS(=O)(=O)C1CC1. The average Bonchev–Trinajstić information content (AvgIpc) is 3.87. The molecule has 16 heteroatoms. The van der Waals surface area contributed by atoms with E-state index in [4.69, 9.17) is 19.4 Å². The molecule has 4 amide bonds. The molecule has 7 rings (SSSR count). The van der Waals surface area contributed by atoms with Crippen molar-refractivity contribution in [3.8, 4) is 16.5 Å². The van der Waals surface area contributed by atoms with Crippen LogP contribution in [0, 0.1) is 5.92 Å². The van der Waals surface area contributed by atoms with Crippen LogP contribution in [0.25, 0.3) is 21.6 Å². The monoisotopic (exact) mass is 694 g/mol. The lowest BCUT2D eigenvalue weighted by Crippen LogP contribution is -2.59. The highest BCUT2D eigenvalue weighted by molar-refractivity contribution is 7.91. The van der Waals surface area contributed by atoms with Gasteiger partial charge in [0.05, 0.1) is 27.7 Å². The molecule has 14 nitrogen and oxygen atoms in total. The van der Waals surface area contributed by atoms with E-state index in [0.717, 1.165) is 4.88 Å². The number of sulfonamides is 1. The summed E-state index contributed by atoms with van der Waals surface area (Å²) in [5.41, 5.74) is -0.992. The van der Waals surface area contributed by atoms with E-state index in [2.05, 4.69) is 21.9 Å². The number of likely N-dealkylation sites (tertiary alicyclic amines) is 1. The van der Waals surface area contributed by atoms with Crippen molar-refractivity contribution < 1.29 is 37.1 Å². The molecule has 252 valence electrons. The molecule has 0 unspecified atom stereocenters. The third kappa shape index (κ3) is 5.76. The number of nitrogens with zero attached hydrogens (tertiary/aromatic N) is 3. The molecule has 5 atom stereocenters. The molecule has 0 spiro atoms. The molecule has 4 aliphatic rings. The first-order valence-electron chi connectivity index (χ1n) is 15.6. The van der Waals surface area contributed by atoms with E-state index in [1.54, 1.807) is 19.9 Å². The summed E-state index contributed by atoms with van der Waals surface area (Å²) >= 11 is 1.46. The topological polar surface area (TPSA) is 186 Å². The normalized spacial score (nSPS) is 27.5. The Kier molecular flexibility index (Phi) is 7.70. The molecule has 2 aliphatic heterocycles. The zero-order valence-corrected chi connectivity index (χ0v) is 27.8. The quantitative estimate of drug-likeness (QED) is 0.266. The number of ether oxygens (including phenoxy) is 2. The van der Waals surface area contributed by atoms with Gasteiger partial charge in [-0.15, -0.1) is 17.9 Å². The van der Waals surface area contributed by atoms with E-state index < -0.39 is 74.3 Å². The average molecular weight is 695 g/mol. The molecule has 4 fully saturated rings. The van der Waals surface area contributed by atoms with E-state index in [1.165, 1.54) is 22.3 Å². The van der Waals surface area contributed by atoms with Gasteiger partial charge in [-0.1, -0.05) is 24.3 Å². The Labute approximate surface area is 280 Å². The Balaban J connectivity index is 1.19. The summed E-state index contributed by atoms with van der Waals surface area (Å²) in [4.78, 5) is 65.3. The number of amides is 4. The molecule has 2 saturated carbocycles. The number of cyclic esters (lactones) is 1. The van der Waals surface area contributed by atoms with Crippen molar-refractivity contribution in [2.24, 2.45) is 5.92 Å². The maximum absolute atomic E-state index is 14.1. The molecule has 4 heterocycles. The number of rotatable bonds is 10. The second kappa shape index (κ2) is 11.5. The van der Waals surface area contributed by atoms with Gasteiger partial charge < -0.3 is 25.0 Å². The van der Waals surface area contributed by atoms with E-state index >= 15 is 0 Å². The van der Waals surface area contributed by atoms with Gasteiger partial charge >= 0.3 is 6.09 Å². The van der Waals surface area contributed by atoms with Gasteiger partial charge in [-0.05, 0) is 56.7 Å². The first kappa shape index (κ1) is 32.0. The zero-order valence-electron chi connectivity index (χ0n) is 26.2. The Morgan fingerprint density at radius 2 is 1.88 bits per heavy atom. The third-order valence-corrected chi connectivity index (χ3v) is 11.9. The summed E-state index contributed by atoms with van der Waals surface area (Å²) in [5.74, 6) is -2.39. The lowest BCUT2D eigenvalue weighted by molar-refractivity contribution is -0.143. The standard InChI is InChI=1S/C32H34N6O8S2/c1-4-17-15-32(17,29(41)37-48(43,44)19-11-12-19)36-26(39)22-14-18(16-38(22)28(40)25-31(2,3)46-30(42)35-25)45-27-24(23-10-7-13-47-23)33-20-8-5-6-9-21(20)34-27/h4-10,13,17-19,22,25H,1,11-12,14-16H2,2-3H3,(H,35,42)(H,36,39)(H,37,41)/t17-,18-,22+,25-,32-/m1/s1. The fourth-order valence-corrected chi connectivity index (χ4v) is 8.41. The van der Waals surface area contributed by atoms with Gasteiger partial charge in [0.15, 0.2) is 6.04 Å². The van der Waals surface area contributed by atoms with Gasteiger partial charge in [0.25, 0.3) is 5.91 Å². The van der Waals surface area contributed by atoms with E-state index in [9.17, 15) is 27.6 Å². The van der Waals surface area contributed by atoms with E-state index in [1.807, 2.05) is 35.7 Å². The predicted molar refractivity (Wildman–Crippen MR) is 174 cm³/mol. The summed E-state index contributed by atoms with van der Waals surface area (Å²) in [6.07, 6.45) is 1.06. The molecule has 2 saturated heterocycles. The van der Waals surface area contributed by atoms with Gasteiger partial charge in [-0.2, -0.15) is 0 Å². The lowest BCUT2D eigenvalue weighted by atomic mass is 9.98. The number of benzene rings is 1. The first-order valence-corrected chi connectivity index (χ1v) is 18.0. The fourth-order valence-electron chi connectivity index (χ4n) is 6.34. The number of aromatic nitrogens is 2. The van der Waals surface area contributed by atoms with E-state index in [0.29, 0.717) is 29.6 Å². The van der Waals surface area contributed by atoms with Crippen LogP contribution in [0.2, 0.25) is 0 Å². The molecule has 3 N–H and O–H groups in total. The van der Waals surface area contributed by atoms with Gasteiger partial charge in [-0.25, -0.2) is 23.2 Å².